The summed E-state index contributed by atoms with van der Waals surface area (Å²) in [5.74, 6) is 0. The number of nitrogens with one attached hydrogen (secondary N) is 1. The number of piperazine rings is 1. The van der Waals surface area contributed by atoms with E-state index in [1.54, 1.807) is 0 Å². The number of nitrogens with zero attached hydrogens (tertiary/aromatic N) is 4. The monoisotopic (exact) mass is 249 g/mol. The summed E-state index contributed by atoms with van der Waals surface area (Å²) in [6, 6.07) is 0.798. The van der Waals surface area contributed by atoms with E-state index in [4.69, 9.17) is 0 Å². The Morgan fingerprint density at radius 3 is 2.50 bits per heavy atom. The number of aryl methyl sites for hydroxylation is 2. The van der Waals surface area contributed by atoms with Crippen LogP contribution in [-0.2, 0) is 13.6 Å². The highest BCUT2D eigenvalue weighted by molar-refractivity contribution is 5.15. The van der Waals surface area contributed by atoms with Gasteiger partial charge in [-0.3, -0.25) is 14.5 Å². The molecule has 0 amide bonds. The van der Waals surface area contributed by atoms with E-state index < -0.39 is 0 Å². The van der Waals surface area contributed by atoms with Crippen LogP contribution >= 0.6 is 0 Å². The lowest BCUT2D eigenvalue weighted by Gasteiger charge is -2.43. The average Bonchev–Trinajstić information content (AvgIpc) is 2.58. The first kappa shape index (κ1) is 12.1. The molecule has 0 saturated carbocycles. The molecular formula is C13H23N5. The lowest BCUT2D eigenvalue weighted by molar-refractivity contribution is 0.0695. The molecular weight excluding hydrogens is 226 g/mol. The zero-order chi connectivity index (χ0) is 12.5. The van der Waals surface area contributed by atoms with Crippen LogP contribution in [0.2, 0.25) is 0 Å². The largest absolute Gasteiger partial charge is 0.314 e. The molecule has 3 heterocycles. The van der Waals surface area contributed by atoms with Gasteiger partial charge in [-0.1, -0.05) is 0 Å². The van der Waals surface area contributed by atoms with Crippen molar-refractivity contribution in [3.63, 3.8) is 0 Å². The first-order valence-electron chi connectivity index (χ1n) is 6.88. The molecule has 2 aliphatic heterocycles. The Kier molecular flexibility index (Phi) is 3.37. The second-order valence-electron chi connectivity index (χ2n) is 5.54. The van der Waals surface area contributed by atoms with Gasteiger partial charge >= 0.3 is 0 Å². The van der Waals surface area contributed by atoms with Crippen molar-refractivity contribution in [2.24, 2.45) is 7.05 Å². The van der Waals surface area contributed by atoms with Crippen molar-refractivity contribution in [3.05, 3.63) is 17.5 Å². The highest BCUT2D eigenvalue weighted by atomic mass is 15.3. The molecule has 2 aliphatic rings. The van der Waals surface area contributed by atoms with Crippen LogP contribution in [0.4, 0.5) is 0 Å². The Labute approximate surface area is 109 Å². The Hall–Kier alpha value is -0.910. The molecule has 0 unspecified atom stereocenters. The van der Waals surface area contributed by atoms with Crippen LogP contribution in [0.15, 0.2) is 6.20 Å². The minimum absolute atomic E-state index is 0.798. The molecule has 18 heavy (non-hydrogen) atoms. The molecule has 100 valence electrons. The van der Waals surface area contributed by atoms with E-state index in [-0.39, 0.29) is 0 Å². The second-order valence-corrected chi connectivity index (χ2v) is 5.54. The van der Waals surface area contributed by atoms with Crippen LogP contribution in [0, 0.1) is 6.92 Å². The van der Waals surface area contributed by atoms with E-state index in [0.717, 1.165) is 12.6 Å². The molecule has 3 rings (SSSR count). The summed E-state index contributed by atoms with van der Waals surface area (Å²) in [6.07, 6.45) is 2.15. The average molecular weight is 249 g/mol. The third-order valence-corrected chi connectivity index (χ3v) is 4.19. The summed E-state index contributed by atoms with van der Waals surface area (Å²) < 4.78 is 1.92. The molecule has 1 aromatic heterocycles. The summed E-state index contributed by atoms with van der Waals surface area (Å²) in [5, 5.41) is 7.77. The van der Waals surface area contributed by atoms with Gasteiger partial charge in [0.05, 0.1) is 5.69 Å². The zero-order valence-electron chi connectivity index (χ0n) is 11.4. The van der Waals surface area contributed by atoms with Crippen molar-refractivity contribution in [1.82, 2.24) is 24.9 Å². The lowest BCUT2D eigenvalue weighted by Crippen LogP contribution is -2.61. The van der Waals surface area contributed by atoms with E-state index in [2.05, 4.69) is 33.3 Å². The van der Waals surface area contributed by atoms with Gasteiger partial charge in [-0.05, 0) is 6.92 Å². The van der Waals surface area contributed by atoms with Crippen LogP contribution in [0.25, 0.3) is 0 Å². The molecule has 0 aromatic carbocycles. The molecule has 2 fully saturated rings. The zero-order valence-corrected chi connectivity index (χ0v) is 11.4. The van der Waals surface area contributed by atoms with Crippen LogP contribution in [0.5, 0.6) is 0 Å². The molecule has 0 radical (unpaired) electrons. The number of rotatable bonds is 3. The van der Waals surface area contributed by atoms with E-state index in [0.29, 0.717) is 0 Å². The van der Waals surface area contributed by atoms with Gasteiger partial charge < -0.3 is 5.32 Å². The minimum atomic E-state index is 0.798. The Morgan fingerprint density at radius 1 is 1.28 bits per heavy atom. The third kappa shape index (κ3) is 2.43. The third-order valence-electron chi connectivity index (χ3n) is 4.19. The van der Waals surface area contributed by atoms with Crippen LogP contribution in [-0.4, -0.2) is 64.9 Å². The summed E-state index contributed by atoms with van der Waals surface area (Å²) in [4.78, 5) is 5.18. The summed E-state index contributed by atoms with van der Waals surface area (Å²) in [6.45, 7) is 10.3. The van der Waals surface area contributed by atoms with Gasteiger partial charge in [0.1, 0.15) is 0 Å². The number of hydrogen-bond acceptors (Lipinski definition) is 4. The maximum atomic E-state index is 4.41. The molecule has 1 aromatic rings. The van der Waals surface area contributed by atoms with E-state index in [9.17, 15) is 0 Å². The van der Waals surface area contributed by atoms with Crippen molar-refractivity contribution in [3.8, 4) is 0 Å². The SMILES string of the molecule is Cc1nn(C)cc1CN1CCN(C2CNC2)CC1. The second kappa shape index (κ2) is 4.99. The van der Waals surface area contributed by atoms with Crippen molar-refractivity contribution in [2.45, 2.75) is 19.5 Å². The van der Waals surface area contributed by atoms with Crippen LogP contribution in [0.3, 0.4) is 0 Å². The first-order valence-corrected chi connectivity index (χ1v) is 6.88. The van der Waals surface area contributed by atoms with E-state index in [1.165, 1.54) is 50.5 Å². The molecule has 5 nitrogen and oxygen atoms in total. The highest BCUT2D eigenvalue weighted by Crippen LogP contribution is 2.13. The summed E-state index contributed by atoms with van der Waals surface area (Å²) in [7, 11) is 2.00. The van der Waals surface area contributed by atoms with Crippen molar-refractivity contribution in [2.75, 3.05) is 39.3 Å². The summed E-state index contributed by atoms with van der Waals surface area (Å²) in [5.41, 5.74) is 2.54. The highest BCUT2D eigenvalue weighted by Gasteiger charge is 2.27. The molecule has 5 heteroatoms. The molecule has 0 aliphatic carbocycles. The standard InChI is InChI=1S/C13H23N5/c1-11-12(9-16(2)15-11)10-17-3-5-18(6-4-17)13-7-14-8-13/h9,13-14H,3-8,10H2,1-2H3. The van der Waals surface area contributed by atoms with Gasteiger partial charge in [-0.25, -0.2) is 0 Å². The Bertz CT molecular complexity index is 402. The van der Waals surface area contributed by atoms with Crippen molar-refractivity contribution < 1.29 is 0 Å². The topological polar surface area (TPSA) is 36.3 Å². The minimum Gasteiger partial charge on any atom is -0.314 e. The van der Waals surface area contributed by atoms with Gasteiger partial charge in [-0.15, -0.1) is 0 Å². The predicted octanol–water partition coefficient (Wildman–Crippen LogP) is -0.182. The quantitative estimate of drug-likeness (QED) is 0.806. The van der Waals surface area contributed by atoms with Crippen molar-refractivity contribution >= 4 is 0 Å². The van der Waals surface area contributed by atoms with E-state index >= 15 is 0 Å². The smallest absolute Gasteiger partial charge is 0.0638 e. The molecule has 0 atom stereocenters. The van der Waals surface area contributed by atoms with Gasteiger partial charge in [-0.2, -0.15) is 5.10 Å². The summed E-state index contributed by atoms with van der Waals surface area (Å²) >= 11 is 0. The van der Waals surface area contributed by atoms with Gasteiger partial charge in [0.25, 0.3) is 0 Å². The maximum Gasteiger partial charge on any atom is 0.0638 e. The Balaban J connectivity index is 1.52. The maximum absolute atomic E-state index is 4.41. The fourth-order valence-corrected chi connectivity index (χ4v) is 2.86. The molecule has 1 N–H and O–H groups in total. The number of hydrogen-bond donors (Lipinski definition) is 1. The number of aromatic nitrogens is 2. The van der Waals surface area contributed by atoms with Crippen LogP contribution in [0.1, 0.15) is 11.3 Å². The fourth-order valence-electron chi connectivity index (χ4n) is 2.86. The van der Waals surface area contributed by atoms with Crippen LogP contribution < -0.4 is 5.32 Å². The molecule has 0 spiro atoms. The first-order chi connectivity index (χ1) is 8.72. The Morgan fingerprint density at radius 2 is 2.00 bits per heavy atom. The van der Waals surface area contributed by atoms with Crippen molar-refractivity contribution in [1.29, 1.82) is 0 Å². The molecule has 2 saturated heterocycles. The van der Waals surface area contributed by atoms with Gasteiger partial charge in [0.15, 0.2) is 0 Å². The molecule has 0 bridgehead atoms. The van der Waals surface area contributed by atoms with E-state index in [1.807, 2.05) is 11.7 Å². The normalized spacial score (nSPS) is 23.2. The van der Waals surface area contributed by atoms with Gasteiger partial charge in [0.2, 0.25) is 0 Å². The lowest BCUT2D eigenvalue weighted by atomic mass is 10.1. The van der Waals surface area contributed by atoms with Gasteiger partial charge in [0, 0.05) is 70.7 Å². The fraction of sp³-hybridized carbons (Fsp3) is 0.769. The predicted molar refractivity (Wildman–Crippen MR) is 71.5 cm³/mol.